The van der Waals surface area contributed by atoms with Crippen molar-refractivity contribution in [1.29, 1.82) is 0 Å². The zero-order valence-corrected chi connectivity index (χ0v) is 13.1. The summed E-state index contributed by atoms with van der Waals surface area (Å²) in [5.41, 5.74) is 6.70. The standard InChI is InChI=1S/C16H26N4O/c1-3-20(4-2)16(21)13-7-6-10-19(11-13)12-14-8-5-9-15(17)18-14/h5,8-9,13H,3-4,6-7,10-12H2,1-2H3,(H2,17,18). The molecule has 0 saturated carbocycles. The first-order valence-corrected chi connectivity index (χ1v) is 7.86. The molecule has 116 valence electrons. The van der Waals surface area contributed by atoms with Gasteiger partial charge in [0.2, 0.25) is 5.91 Å². The van der Waals surface area contributed by atoms with Crippen LogP contribution in [0, 0.1) is 5.92 Å². The molecule has 1 aromatic heterocycles. The summed E-state index contributed by atoms with van der Waals surface area (Å²) >= 11 is 0. The fourth-order valence-electron chi connectivity index (χ4n) is 3.01. The zero-order valence-electron chi connectivity index (χ0n) is 13.1. The van der Waals surface area contributed by atoms with E-state index in [-0.39, 0.29) is 5.92 Å². The molecule has 21 heavy (non-hydrogen) atoms. The number of carbonyl (C=O) groups excluding carboxylic acids is 1. The minimum absolute atomic E-state index is 0.125. The van der Waals surface area contributed by atoms with Crippen molar-refractivity contribution in [2.24, 2.45) is 5.92 Å². The smallest absolute Gasteiger partial charge is 0.226 e. The lowest BCUT2D eigenvalue weighted by Gasteiger charge is -2.34. The Morgan fingerprint density at radius 3 is 2.86 bits per heavy atom. The van der Waals surface area contributed by atoms with Gasteiger partial charge in [-0.3, -0.25) is 9.69 Å². The van der Waals surface area contributed by atoms with Crippen molar-refractivity contribution in [1.82, 2.24) is 14.8 Å². The van der Waals surface area contributed by atoms with E-state index in [9.17, 15) is 4.79 Å². The number of anilines is 1. The summed E-state index contributed by atoms with van der Waals surface area (Å²) < 4.78 is 0. The second-order valence-corrected chi connectivity index (χ2v) is 5.64. The molecular formula is C16H26N4O. The third-order valence-corrected chi connectivity index (χ3v) is 4.14. The molecule has 1 unspecified atom stereocenters. The van der Waals surface area contributed by atoms with Crippen LogP contribution in [0.5, 0.6) is 0 Å². The van der Waals surface area contributed by atoms with Crippen molar-refractivity contribution in [2.75, 3.05) is 31.9 Å². The molecule has 1 fully saturated rings. The topological polar surface area (TPSA) is 62.5 Å². The van der Waals surface area contributed by atoms with Crippen molar-refractivity contribution in [3.05, 3.63) is 23.9 Å². The first kappa shape index (κ1) is 15.8. The van der Waals surface area contributed by atoms with Crippen LogP contribution < -0.4 is 5.73 Å². The predicted octanol–water partition coefficient (Wildman–Crippen LogP) is 1.74. The molecule has 0 aromatic carbocycles. The Hall–Kier alpha value is -1.62. The van der Waals surface area contributed by atoms with Crippen LogP contribution in [0.15, 0.2) is 18.2 Å². The highest BCUT2D eigenvalue weighted by Gasteiger charge is 2.28. The highest BCUT2D eigenvalue weighted by Crippen LogP contribution is 2.20. The van der Waals surface area contributed by atoms with Gasteiger partial charge in [-0.05, 0) is 45.4 Å². The summed E-state index contributed by atoms with van der Waals surface area (Å²) in [6, 6.07) is 5.72. The number of rotatable bonds is 5. The second kappa shape index (κ2) is 7.41. The molecule has 2 heterocycles. The number of piperidine rings is 1. The van der Waals surface area contributed by atoms with Crippen molar-refractivity contribution in [2.45, 2.75) is 33.2 Å². The number of aromatic nitrogens is 1. The second-order valence-electron chi connectivity index (χ2n) is 5.64. The summed E-state index contributed by atoms with van der Waals surface area (Å²) in [5.74, 6) is 0.977. The number of hydrogen-bond donors (Lipinski definition) is 1. The number of nitrogen functional groups attached to an aromatic ring is 1. The Bertz CT molecular complexity index is 473. The molecule has 0 spiro atoms. The van der Waals surface area contributed by atoms with E-state index in [1.807, 2.05) is 30.9 Å². The molecule has 5 heteroatoms. The molecule has 1 atom stereocenters. The van der Waals surface area contributed by atoms with E-state index in [1.165, 1.54) is 0 Å². The molecule has 1 amide bonds. The Kier molecular flexibility index (Phi) is 5.56. The lowest BCUT2D eigenvalue weighted by Crippen LogP contribution is -2.44. The molecule has 2 rings (SSSR count). The summed E-state index contributed by atoms with van der Waals surface area (Å²) in [5, 5.41) is 0. The van der Waals surface area contributed by atoms with Gasteiger partial charge in [-0.25, -0.2) is 4.98 Å². The van der Waals surface area contributed by atoms with Crippen LogP contribution in [0.1, 0.15) is 32.4 Å². The highest BCUT2D eigenvalue weighted by molar-refractivity contribution is 5.79. The molecule has 1 saturated heterocycles. The first-order chi connectivity index (χ1) is 10.1. The van der Waals surface area contributed by atoms with Gasteiger partial charge in [-0.1, -0.05) is 6.07 Å². The molecule has 2 N–H and O–H groups in total. The van der Waals surface area contributed by atoms with Crippen molar-refractivity contribution in [3.8, 4) is 0 Å². The Labute approximate surface area is 127 Å². The monoisotopic (exact) mass is 290 g/mol. The lowest BCUT2D eigenvalue weighted by molar-refractivity contribution is -0.137. The van der Waals surface area contributed by atoms with Gasteiger partial charge in [-0.2, -0.15) is 0 Å². The van der Waals surface area contributed by atoms with Gasteiger partial charge in [0.25, 0.3) is 0 Å². The summed E-state index contributed by atoms with van der Waals surface area (Å²) in [6.07, 6.45) is 2.07. The molecule has 1 aliphatic rings. The zero-order chi connectivity index (χ0) is 15.2. The van der Waals surface area contributed by atoms with Gasteiger partial charge in [0.05, 0.1) is 11.6 Å². The number of amides is 1. The molecule has 5 nitrogen and oxygen atoms in total. The maximum atomic E-state index is 12.5. The van der Waals surface area contributed by atoms with E-state index >= 15 is 0 Å². The fourth-order valence-corrected chi connectivity index (χ4v) is 3.01. The number of hydrogen-bond acceptors (Lipinski definition) is 4. The maximum Gasteiger partial charge on any atom is 0.226 e. The van der Waals surface area contributed by atoms with Gasteiger partial charge in [0.15, 0.2) is 0 Å². The van der Waals surface area contributed by atoms with E-state index in [4.69, 9.17) is 5.73 Å². The van der Waals surface area contributed by atoms with Crippen LogP contribution >= 0.6 is 0 Å². The average Bonchev–Trinajstić information content (AvgIpc) is 2.48. The number of nitrogens with zero attached hydrogens (tertiary/aromatic N) is 3. The predicted molar refractivity (Wildman–Crippen MR) is 84.6 cm³/mol. The summed E-state index contributed by atoms with van der Waals surface area (Å²) in [4.78, 5) is 21.1. The van der Waals surface area contributed by atoms with Crippen LogP contribution in [-0.4, -0.2) is 46.9 Å². The third-order valence-electron chi connectivity index (χ3n) is 4.14. The van der Waals surface area contributed by atoms with Gasteiger partial charge in [0.1, 0.15) is 5.82 Å². The molecule has 0 radical (unpaired) electrons. The fraction of sp³-hybridized carbons (Fsp3) is 0.625. The Morgan fingerprint density at radius 1 is 1.43 bits per heavy atom. The molecule has 1 aliphatic heterocycles. The summed E-state index contributed by atoms with van der Waals surface area (Å²) in [6.45, 7) is 8.29. The summed E-state index contributed by atoms with van der Waals surface area (Å²) in [7, 11) is 0. The van der Waals surface area contributed by atoms with Gasteiger partial charge in [0, 0.05) is 26.2 Å². The van der Waals surface area contributed by atoms with Gasteiger partial charge in [-0.15, -0.1) is 0 Å². The molecular weight excluding hydrogens is 264 g/mol. The highest BCUT2D eigenvalue weighted by atomic mass is 16.2. The SMILES string of the molecule is CCN(CC)C(=O)C1CCCN(Cc2cccc(N)n2)C1. The van der Waals surface area contributed by atoms with Crippen molar-refractivity contribution in [3.63, 3.8) is 0 Å². The van der Waals surface area contributed by atoms with Gasteiger partial charge < -0.3 is 10.6 Å². The van der Waals surface area contributed by atoms with Crippen LogP contribution in [0.4, 0.5) is 5.82 Å². The Balaban J connectivity index is 1.96. The minimum atomic E-state index is 0.125. The first-order valence-electron chi connectivity index (χ1n) is 7.86. The van der Waals surface area contributed by atoms with E-state index < -0.39 is 0 Å². The van der Waals surface area contributed by atoms with Crippen LogP contribution in [0.3, 0.4) is 0 Å². The van der Waals surface area contributed by atoms with Crippen LogP contribution in [-0.2, 0) is 11.3 Å². The van der Waals surface area contributed by atoms with Crippen LogP contribution in [0.25, 0.3) is 0 Å². The normalized spacial score (nSPS) is 19.4. The maximum absolute atomic E-state index is 12.5. The largest absolute Gasteiger partial charge is 0.384 e. The molecule has 0 aliphatic carbocycles. The minimum Gasteiger partial charge on any atom is -0.384 e. The number of nitrogens with two attached hydrogens (primary N) is 1. The van der Waals surface area contributed by atoms with Crippen molar-refractivity contribution < 1.29 is 4.79 Å². The number of likely N-dealkylation sites (tertiary alicyclic amines) is 1. The van der Waals surface area contributed by atoms with E-state index in [0.717, 1.165) is 51.3 Å². The quantitative estimate of drug-likeness (QED) is 0.897. The molecule has 1 aromatic rings. The molecule has 0 bridgehead atoms. The number of pyridine rings is 1. The van der Waals surface area contributed by atoms with Crippen molar-refractivity contribution >= 4 is 11.7 Å². The van der Waals surface area contributed by atoms with E-state index in [0.29, 0.717) is 11.7 Å². The van der Waals surface area contributed by atoms with Gasteiger partial charge >= 0.3 is 0 Å². The van der Waals surface area contributed by atoms with Crippen LogP contribution in [0.2, 0.25) is 0 Å². The third kappa shape index (κ3) is 4.17. The van der Waals surface area contributed by atoms with E-state index in [1.54, 1.807) is 6.07 Å². The van der Waals surface area contributed by atoms with E-state index in [2.05, 4.69) is 9.88 Å². The number of carbonyl (C=O) groups is 1. The Morgan fingerprint density at radius 2 is 2.19 bits per heavy atom. The average molecular weight is 290 g/mol. The lowest BCUT2D eigenvalue weighted by atomic mass is 9.96.